The van der Waals surface area contributed by atoms with Gasteiger partial charge in [0, 0.05) is 5.69 Å². The van der Waals surface area contributed by atoms with Crippen LogP contribution >= 0.6 is 23.2 Å². The molecule has 0 saturated carbocycles. The molecule has 0 aliphatic rings. The Morgan fingerprint density at radius 1 is 0.923 bits per heavy atom. The average Bonchev–Trinajstić information content (AvgIpc) is 2.58. The van der Waals surface area contributed by atoms with E-state index in [-0.39, 0.29) is 24.9 Å². The van der Waals surface area contributed by atoms with E-state index in [1.165, 1.54) is 0 Å². The van der Waals surface area contributed by atoms with Gasteiger partial charge < -0.3 is 10.6 Å². The number of hydrogen-bond acceptors (Lipinski definition) is 3. The molecule has 0 spiro atoms. The van der Waals surface area contributed by atoms with Crippen molar-refractivity contribution in [2.45, 2.75) is 13.3 Å². The molecule has 26 heavy (non-hydrogen) atoms. The number of nitrogens with one attached hydrogen (secondary N) is 2. The molecule has 0 aliphatic heterocycles. The second-order valence-corrected chi connectivity index (χ2v) is 6.69. The molecule has 0 aliphatic carbocycles. The van der Waals surface area contributed by atoms with Crippen molar-refractivity contribution in [2.75, 3.05) is 30.8 Å². The number of para-hydroxylation sites is 2. The van der Waals surface area contributed by atoms with Crippen LogP contribution in [0.2, 0.25) is 10.0 Å². The SMILES string of the molecule is CCc1ccccc1NC(=O)CN(C)CC(=O)Nc1c(Cl)cccc1Cl. The Kier molecular flexibility index (Phi) is 7.45. The van der Waals surface area contributed by atoms with Gasteiger partial charge in [-0.3, -0.25) is 14.5 Å². The zero-order valence-electron chi connectivity index (χ0n) is 14.7. The van der Waals surface area contributed by atoms with Crippen LogP contribution in [0.4, 0.5) is 11.4 Å². The highest BCUT2D eigenvalue weighted by molar-refractivity contribution is 6.39. The van der Waals surface area contributed by atoms with Crippen LogP contribution in [0.1, 0.15) is 12.5 Å². The number of benzene rings is 2. The minimum absolute atomic E-state index is 0.0321. The quantitative estimate of drug-likeness (QED) is 0.745. The first-order valence-corrected chi connectivity index (χ1v) is 8.96. The van der Waals surface area contributed by atoms with E-state index in [2.05, 4.69) is 10.6 Å². The van der Waals surface area contributed by atoms with Crippen LogP contribution in [-0.4, -0.2) is 36.9 Å². The van der Waals surface area contributed by atoms with Crippen molar-refractivity contribution in [3.8, 4) is 0 Å². The van der Waals surface area contributed by atoms with Crippen molar-refractivity contribution >= 4 is 46.4 Å². The number of halogens is 2. The van der Waals surface area contributed by atoms with Gasteiger partial charge in [-0.1, -0.05) is 54.4 Å². The lowest BCUT2D eigenvalue weighted by atomic mass is 10.1. The van der Waals surface area contributed by atoms with Gasteiger partial charge in [0.1, 0.15) is 0 Å². The number of carbonyl (C=O) groups is 2. The highest BCUT2D eigenvalue weighted by Crippen LogP contribution is 2.29. The summed E-state index contributed by atoms with van der Waals surface area (Å²) in [6.45, 7) is 2.15. The summed E-state index contributed by atoms with van der Waals surface area (Å²) in [4.78, 5) is 26.0. The van der Waals surface area contributed by atoms with Crippen LogP contribution < -0.4 is 10.6 Å². The zero-order chi connectivity index (χ0) is 19.1. The Morgan fingerprint density at radius 2 is 1.50 bits per heavy atom. The zero-order valence-corrected chi connectivity index (χ0v) is 16.2. The van der Waals surface area contributed by atoms with E-state index in [9.17, 15) is 9.59 Å². The van der Waals surface area contributed by atoms with Gasteiger partial charge in [0.25, 0.3) is 0 Å². The standard InChI is InChI=1S/C19H21Cl2N3O2/c1-3-13-7-4-5-10-16(13)22-17(25)11-24(2)12-18(26)23-19-14(20)8-6-9-15(19)21/h4-10H,3,11-12H2,1-2H3,(H,22,25)(H,23,26). The molecule has 2 N–H and O–H groups in total. The fraction of sp³-hybridized carbons (Fsp3) is 0.263. The smallest absolute Gasteiger partial charge is 0.238 e. The minimum atomic E-state index is -0.302. The summed E-state index contributed by atoms with van der Waals surface area (Å²) >= 11 is 12.1. The lowest BCUT2D eigenvalue weighted by molar-refractivity contribution is -0.119. The third kappa shape index (κ3) is 5.73. The van der Waals surface area contributed by atoms with Crippen molar-refractivity contribution in [1.29, 1.82) is 0 Å². The van der Waals surface area contributed by atoms with Crippen LogP contribution in [0.15, 0.2) is 42.5 Å². The number of rotatable bonds is 7. The Balaban J connectivity index is 1.88. The summed E-state index contributed by atoms with van der Waals surface area (Å²) in [5.74, 6) is -0.485. The molecule has 0 unspecified atom stereocenters. The number of carbonyl (C=O) groups excluding carboxylic acids is 2. The first kappa shape index (κ1) is 20.2. The maximum atomic E-state index is 12.2. The van der Waals surface area contributed by atoms with Gasteiger partial charge in [-0.05, 0) is 37.2 Å². The topological polar surface area (TPSA) is 61.4 Å². The van der Waals surface area contributed by atoms with Gasteiger partial charge in [-0.15, -0.1) is 0 Å². The molecule has 2 aromatic carbocycles. The van der Waals surface area contributed by atoms with E-state index in [0.29, 0.717) is 15.7 Å². The first-order chi connectivity index (χ1) is 12.4. The number of amides is 2. The minimum Gasteiger partial charge on any atom is -0.325 e. The fourth-order valence-electron chi connectivity index (χ4n) is 2.48. The third-order valence-corrected chi connectivity index (χ3v) is 4.36. The monoisotopic (exact) mass is 393 g/mol. The second kappa shape index (κ2) is 9.57. The Morgan fingerprint density at radius 3 is 2.12 bits per heavy atom. The predicted octanol–water partition coefficient (Wildman–Crippen LogP) is 4.06. The van der Waals surface area contributed by atoms with Crippen molar-refractivity contribution in [3.63, 3.8) is 0 Å². The Bertz CT molecular complexity index is 776. The van der Waals surface area contributed by atoms with Crippen LogP contribution in [0, 0.1) is 0 Å². The lowest BCUT2D eigenvalue weighted by Crippen LogP contribution is -2.36. The molecule has 0 heterocycles. The number of aryl methyl sites for hydroxylation is 1. The molecule has 138 valence electrons. The maximum absolute atomic E-state index is 12.2. The highest BCUT2D eigenvalue weighted by Gasteiger charge is 2.14. The van der Waals surface area contributed by atoms with Crippen molar-refractivity contribution in [2.24, 2.45) is 0 Å². The molecule has 0 bridgehead atoms. The number of hydrogen-bond donors (Lipinski definition) is 2. The van der Waals surface area contributed by atoms with Crippen LogP contribution in [0.5, 0.6) is 0 Å². The number of likely N-dealkylation sites (N-methyl/N-ethyl adjacent to an activating group) is 1. The molecule has 0 fully saturated rings. The summed E-state index contributed by atoms with van der Waals surface area (Å²) in [5.41, 5.74) is 2.23. The van der Waals surface area contributed by atoms with E-state index >= 15 is 0 Å². The summed E-state index contributed by atoms with van der Waals surface area (Å²) in [6, 6.07) is 12.6. The van der Waals surface area contributed by atoms with E-state index in [4.69, 9.17) is 23.2 Å². The lowest BCUT2D eigenvalue weighted by Gasteiger charge is -2.17. The van der Waals surface area contributed by atoms with Crippen LogP contribution in [-0.2, 0) is 16.0 Å². The predicted molar refractivity (Wildman–Crippen MR) is 107 cm³/mol. The Hall–Kier alpha value is -2.08. The van der Waals surface area contributed by atoms with Gasteiger partial charge in [0.2, 0.25) is 11.8 Å². The second-order valence-electron chi connectivity index (χ2n) is 5.88. The average molecular weight is 394 g/mol. The van der Waals surface area contributed by atoms with Gasteiger partial charge in [0.15, 0.2) is 0 Å². The molecule has 0 atom stereocenters. The third-order valence-electron chi connectivity index (χ3n) is 3.73. The number of anilines is 2. The highest BCUT2D eigenvalue weighted by atomic mass is 35.5. The summed E-state index contributed by atoms with van der Waals surface area (Å²) in [7, 11) is 1.69. The molecule has 0 radical (unpaired) electrons. The molecule has 7 heteroatoms. The summed E-state index contributed by atoms with van der Waals surface area (Å²) < 4.78 is 0. The van der Waals surface area contributed by atoms with Crippen molar-refractivity contribution in [1.82, 2.24) is 4.90 Å². The van der Waals surface area contributed by atoms with Gasteiger partial charge in [0.05, 0.1) is 28.8 Å². The molecule has 5 nitrogen and oxygen atoms in total. The van der Waals surface area contributed by atoms with E-state index < -0.39 is 0 Å². The molecule has 2 aromatic rings. The molecule has 0 saturated heterocycles. The van der Waals surface area contributed by atoms with E-state index in [1.807, 2.05) is 31.2 Å². The fourth-order valence-corrected chi connectivity index (χ4v) is 2.97. The van der Waals surface area contributed by atoms with Crippen LogP contribution in [0.3, 0.4) is 0 Å². The largest absolute Gasteiger partial charge is 0.325 e. The van der Waals surface area contributed by atoms with E-state index in [1.54, 1.807) is 30.1 Å². The molecule has 2 amide bonds. The normalized spacial score (nSPS) is 10.7. The van der Waals surface area contributed by atoms with Gasteiger partial charge >= 0.3 is 0 Å². The van der Waals surface area contributed by atoms with E-state index in [0.717, 1.165) is 17.7 Å². The molecule has 2 rings (SSSR count). The molecule has 0 aromatic heterocycles. The number of nitrogens with zero attached hydrogens (tertiary/aromatic N) is 1. The van der Waals surface area contributed by atoms with Crippen molar-refractivity contribution in [3.05, 3.63) is 58.1 Å². The van der Waals surface area contributed by atoms with Gasteiger partial charge in [-0.2, -0.15) is 0 Å². The Labute approximate surface area is 163 Å². The van der Waals surface area contributed by atoms with Crippen molar-refractivity contribution < 1.29 is 9.59 Å². The van der Waals surface area contributed by atoms with Crippen LogP contribution in [0.25, 0.3) is 0 Å². The maximum Gasteiger partial charge on any atom is 0.238 e. The summed E-state index contributed by atoms with van der Waals surface area (Å²) in [6.07, 6.45) is 0.827. The molecular weight excluding hydrogens is 373 g/mol. The first-order valence-electron chi connectivity index (χ1n) is 8.21. The molecular formula is C19H21Cl2N3O2. The summed E-state index contributed by atoms with van der Waals surface area (Å²) in [5, 5.41) is 6.28. The van der Waals surface area contributed by atoms with Gasteiger partial charge in [-0.25, -0.2) is 0 Å².